The fourth-order valence-electron chi connectivity index (χ4n) is 2.75. The zero-order valence-corrected chi connectivity index (χ0v) is 13.6. The SMILES string of the molecule is CC(CO)(NC(=O)c1ccc(=O)n(Cc2ccccc2)n1)C1CC1. The summed E-state index contributed by atoms with van der Waals surface area (Å²) in [6, 6.07) is 12.2. The Kier molecular flexibility index (Phi) is 4.49. The van der Waals surface area contributed by atoms with Gasteiger partial charge in [-0.1, -0.05) is 30.3 Å². The lowest BCUT2D eigenvalue weighted by molar-refractivity contribution is 0.0817. The van der Waals surface area contributed by atoms with Crippen LogP contribution in [0.5, 0.6) is 0 Å². The van der Waals surface area contributed by atoms with E-state index in [9.17, 15) is 14.7 Å². The number of hydrogen-bond donors (Lipinski definition) is 2. The molecule has 1 heterocycles. The second-order valence-corrected chi connectivity index (χ2v) is 6.50. The first-order valence-corrected chi connectivity index (χ1v) is 8.07. The number of nitrogens with zero attached hydrogens (tertiary/aromatic N) is 2. The molecule has 1 aliphatic carbocycles. The molecule has 2 aromatic rings. The Labute approximate surface area is 140 Å². The van der Waals surface area contributed by atoms with Crippen LogP contribution in [0, 0.1) is 5.92 Å². The van der Waals surface area contributed by atoms with Crippen molar-refractivity contribution in [2.45, 2.75) is 31.8 Å². The zero-order chi connectivity index (χ0) is 17.2. The number of nitrogens with one attached hydrogen (secondary N) is 1. The fraction of sp³-hybridized carbons (Fsp3) is 0.389. The van der Waals surface area contributed by atoms with Crippen LogP contribution in [0.15, 0.2) is 47.3 Å². The first-order chi connectivity index (χ1) is 11.5. The molecule has 1 aromatic carbocycles. The van der Waals surface area contributed by atoms with Crippen molar-refractivity contribution >= 4 is 5.91 Å². The van der Waals surface area contributed by atoms with Gasteiger partial charge in [0, 0.05) is 6.07 Å². The third-order valence-electron chi connectivity index (χ3n) is 4.48. The minimum atomic E-state index is -0.640. The molecule has 0 aliphatic heterocycles. The molecule has 6 nitrogen and oxygen atoms in total. The second-order valence-electron chi connectivity index (χ2n) is 6.50. The van der Waals surface area contributed by atoms with E-state index in [0.29, 0.717) is 12.5 Å². The Bertz CT molecular complexity index is 784. The van der Waals surface area contributed by atoms with Crippen molar-refractivity contribution in [3.05, 3.63) is 64.1 Å². The summed E-state index contributed by atoms with van der Waals surface area (Å²) >= 11 is 0. The number of hydrogen-bond acceptors (Lipinski definition) is 4. The maximum Gasteiger partial charge on any atom is 0.272 e. The van der Waals surface area contributed by atoms with Crippen LogP contribution < -0.4 is 10.9 Å². The summed E-state index contributed by atoms with van der Waals surface area (Å²) in [5.41, 5.74) is 0.204. The van der Waals surface area contributed by atoms with Crippen LogP contribution in [0.1, 0.15) is 35.8 Å². The predicted molar refractivity (Wildman–Crippen MR) is 89.7 cm³/mol. The maximum atomic E-state index is 12.5. The second kappa shape index (κ2) is 6.57. The number of carbonyl (C=O) groups is 1. The van der Waals surface area contributed by atoms with Crippen LogP contribution in [0.2, 0.25) is 0 Å². The highest BCUT2D eigenvalue weighted by atomic mass is 16.3. The molecule has 126 valence electrons. The summed E-state index contributed by atoms with van der Waals surface area (Å²) in [7, 11) is 0. The Morgan fingerprint density at radius 2 is 2.00 bits per heavy atom. The Morgan fingerprint density at radius 3 is 2.62 bits per heavy atom. The summed E-state index contributed by atoms with van der Waals surface area (Å²) in [5.74, 6) is -0.0815. The van der Waals surface area contributed by atoms with E-state index in [1.165, 1.54) is 16.8 Å². The number of carbonyl (C=O) groups excluding carboxylic acids is 1. The van der Waals surface area contributed by atoms with Gasteiger partial charge in [0.15, 0.2) is 0 Å². The molecule has 1 fully saturated rings. The molecule has 0 radical (unpaired) electrons. The van der Waals surface area contributed by atoms with Crippen LogP contribution in [0.4, 0.5) is 0 Å². The normalized spacial score (nSPS) is 16.4. The number of benzene rings is 1. The Balaban J connectivity index is 1.80. The first-order valence-electron chi connectivity index (χ1n) is 8.07. The molecule has 1 unspecified atom stereocenters. The number of aliphatic hydroxyl groups excluding tert-OH is 1. The molecular formula is C18H21N3O3. The van der Waals surface area contributed by atoms with E-state index in [2.05, 4.69) is 10.4 Å². The van der Waals surface area contributed by atoms with E-state index in [-0.39, 0.29) is 23.8 Å². The van der Waals surface area contributed by atoms with Gasteiger partial charge in [-0.05, 0) is 37.3 Å². The van der Waals surface area contributed by atoms with Gasteiger partial charge in [0.2, 0.25) is 0 Å². The molecule has 3 rings (SSSR count). The van der Waals surface area contributed by atoms with Gasteiger partial charge in [-0.3, -0.25) is 9.59 Å². The summed E-state index contributed by atoms with van der Waals surface area (Å²) in [5, 5.41) is 16.6. The quantitative estimate of drug-likeness (QED) is 0.834. The van der Waals surface area contributed by atoms with Gasteiger partial charge in [-0.2, -0.15) is 5.10 Å². The molecule has 2 N–H and O–H groups in total. The minimum Gasteiger partial charge on any atom is -0.394 e. The molecule has 0 spiro atoms. The van der Waals surface area contributed by atoms with E-state index in [0.717, 1.165) is 18.4 Å². The molecule has 1 saturated carbocycles. The van der Waals surface area contributed by atoms with Crippen molar-refractivity contribution in [2.75, 3.05) is 6.61 Å². The third kappa shape index (κ3) is 3.54. The molecule has 6 heteroatoms. The van der Waals surface area contributed by atoms with Crippen molar-refractivity contribution in [2.24, 2.45) is 5.92 Å². The fourth-order valence-corrected chi connectivity index (χ4v) is 2.75. The van der Waals surface area contributed by atoms with Crippen molar-refractivity contribution in [3.63, 3.8) is 0 Å². The number of aromatic nitrogens is 2. The van der Waals surface area contributed by atoms with Crippen LogP contribution in [0.25, 0.3) is 0 Å². The number of aliphatic hydroxyl groups is 1. The summed E-state index contributed by atoms with van der Waals surface area (Å²) in [6.07, 6.45) is 2.00. The summed E-state index contributed by atoms with van der Waals surface area (Å²) in [6.45, 7) is 2.02. The van der Waals surface area contributed by atoms with Gasteiger partial charge in [0.25, 0.3) is 11.5 Å². The minimum absolute atomic E-state index is 0.118. The lowest BCUT2D eigenvalue weighted by Crippen LogP contribution is -2.51. The average Bonchev–Trinajstić information content (AvgIpc) is 3.43. The van der Waals surface area contributed by atoms with Gasteiger partial charge in [0.05, 0.1) is 18.7 Å². The van der Waals surface area contributed by atoms with E-state index < -0.39 is 5.54 Å². The Morgan fingerprint density at radius 1 is 1.29 bits per heavy atom. The maximum absolute atomic E-state index is 12.5. The summed E-state index contributed by atoms with van der Waals surface area (Å²) in [4.78, 5) is 24.5. The van der Waals surface area contributed by atoms with Crippen molar-refractivity contribution in [1.82, 2.24) is 15.1 Å². The zero-order valence-electron chi connectivity index (χ0n) is 13.6. The highest BCUT2D eigenvalue weighted by Gasteiger charge is 2.42. The van der Waals surface area contributed by atoms with E-state index >= 15 is 0 Å². The largest absolute Gasteiger partial charge is 0.394 e. The molecular weight excluding hydrogens is 306 g/mol. The molecule has 1 amide bonds. The third-order valence-corrected chi connectivity index (χ3v) is 4.48. The molecule has 1 aromatic heterocycles. The van der Waals surface area contributed by atoms with E-state index in [1.54, 1.807) is 0 Å². The number of amides is 1. The van der Waals surface area contributed by atoms with Gasteiger partial charge in [-0.25, -0.2) is 4.68 Å². The highest BCUT2D eigenvalue weighted by molar-refractivity contribution is 5.92. The highest BCUT2D eigenvalue weighted by Crippen LogP contribution is 2.39. The van der Waals surface area contributed by atoms with Crippen molar-refractivity contribution in [3.8, 4) is 0 Å². The monoisotopic (exact) mass is 327 g/mol. The molecule has 0 saturated heterocycles. The predicted octanol–water partition coefficient (Wildman–Crippen LogP) is 1.18. The van der Waals surface area contributed by atoms with Crippen LogP contribution in [-0.2, 0) is 6.54 Å². The topological polar surface area (TPSA) is 84.2 Å². The van der Waals surface area contributed by atoms with Gasteiger partial charge < -0.3 is 10.4 Å². The van der Waals surface area contributed by atoms with E-state index in [1.807, 2.05) is 37.3 Å². The average molecular weight is 327 g/mol. The molecule has 1 atom stereocenters. The van der Waals surface area contributed by atoms with Crippen molar-refractivity contribution in [1.29, 1.82) is 0 Å². The van der Waals surface area contributed by atoms with Gasteiger partial charge in [-0.15, -0.1) is 0 Å². The molecule has 24 heavy (non-hydrogen) atoms. The smallest absolute Gasteiger partial charge is 0.272 e. The Hall–Kier alpha value is -2.47. The number of rotatable bonds is 6. The van der Waals surface area contributed by atoms with Gasteiger partial charge in [0.1, 0.15) is 5.69 Å². The van der Waals surface area contributed by atoms with E-state index in [4.69, 9.17) is 0 Å². The first kappa shape index (κ1) is 16.4. The lowest BCUT2D eigenvalue weighted by Gasteiger charge is -2.28. The standard InChI is InChI=1S/C18H21N3O3/c1-18(12-22,14-7-8-14)19-17(24)15-9-10-16(23)21(20-15)11-13-5-3-2-4-6-13/h2-6,9-10,14,22H,7-8,11-12H2,1H3,(H,19,24). The molecule has 0 bridgehead atoms. The van der Waals surface area contributed by atoms with Gasteiger partial charge >= 0.3 is 0 Å². The van der Waals surface area contributed by atoms with Crippen molar-refractivity contribution < 1.29 is 9.90 Å². The lowest BCUT2D eigenvalue weighted by atomic mass is 9.97. The van der Waals surface area contributed by atoms with Crippen LogP contribution in [-0.4, -0.2) is 32.9 Å². The van der Waals surface area contributed by atoms with Crippen LogP contribution >= 0.6 is 0 Å². The van der Waals surface area contributed by atoms with Crippen LogP contribution in [0.3, 0.4) is 0 Å². The summed E-state index contributed by atoms with van der Waals surface area (Å²) < 4.78 is 1.28. The molecule has 1 aliphatic rings.